The van der Waals surface area contributed by atoms with E-state index in [0.29, 0.717) is 0 Å². The summed E-state index contributed by atoms with van der Waals surface area (Å²) in [5, 5.41) is 5.44. The van der Waals surface area contributed by atoms with Gasteiger partial charge in [0.15, 0.2) is 0 Å². The molecule has 100 valence electrons. The Morgan fingerprint density at radius 1 is 0.850 bits per heavy atom. The Morgan fingerprint density at radius 2 is 1.60 bits per heavy atom. The lowest BCUT2D eigenvalue weighted by atomic mass is 10.1. The van der Waals surface area contributed by atoms with Gasteiger partial charge in [-0.15, -0.1) is 0 Å². The van der Waals surface area contributed by atoms with E-state index in [0.717, 1.165) is 29.2 Å². The van der Waals surface area contributed by atoms with Crippen LogP contribution in [0.5, 0.6) is 0 Å². The van der Waals surface area contributed by atoms with E-state index in [9.17, 15) is 0 Å². The minimum absolute atomic E-state index is 0.760. The maximum Gasteiger partial charge on any atom is 0.0705 e. The van der Waals surface area contributed by atoms with Gasteiger partial charge in [0.1, 0.15) is 0 Å². The van der Waals surface area contributed by atoms with Crippen LogP contribution in [-0.4, -0.2) is 4.98 Å². The number of fused-ring (bicyclic) bond motifs is 1. The maximum atomic E-state index is 6.15. The van der Waals surface area contributed by atoms with Crippen molar-refractivity contribution < 1.29 is 0 Å². The SMILES string of the molecule is Clc1ccccc1CNCc1ccnc2ccccc12. The zero-order valence-corrected chi connectivity index (χ0v) is 11.8. The number of hydrogen-bond donors (Lipinski definition) is 1. The normalized spacial score (nSPS) is 10.8. The monoisotopic (exact) mass is 282 g/mol. The minimum atomic E-state index is 0.760. The van der Waals surface area contributed by atoms with Crippen LogP contribution in [-0.2, 0) is 13.1 Å². The van der Waals surface area contributed by atoms with Gasteiger partial charge in [0.25, 0.3) is 0 Å². The number of rotatable bonds is 4. The molecule has 0 amide bonds. The van der Waals surface area contributed by atoms with Crippen LogP contribution in [0.2, 0.25) is 5.02 Å². The number of para-hydroxylation sites is 1. The predicted molar refractivity (Wildman–Crippen MR) is 83.7 cm³/mol. The van der Waals surface area contributed by atoms with E-state index in [1.54, 1.807) is 0 Å². The van der Waals surface area contributed by atoms with Gasteiger partial charge in [-0.05, 0) is 29.3 Å². The lowest BCUT2D eigenvalue weighted by Crippen LogP contribution is -2.13. The average Bonchev–Trinajstić information content (AvgIpc) is 2.49. The topological polar surface area (TPSA) is 24.9 Å². The van der Waals surface area contributed by atoms with Crippen molar-refractivity contribution in [3.63, 3.8) is 0 Å². The summed E-state index contributed by atoms with van der Waals surface area (Å²) >= 11 is 6.15. The third-order valence-corrected chi connectivity index (χ3v) is 3.70. The highest BCUT2D eigenvalue weighted by molar-refractivity contribution is 6.31. The van der Waals surface area contributed by atoms with Gasteiger partial charge in [-0.3, -0.25) is 4.98 Å². The number of hydrogen-bond acceptors (Lipinski definition) is 2. The Labute approximate surface area is 123 Å². The summed E-state index contributed by atoms with van der Waals surface area (Å²) in [7, 11) is 0. The van der Waals surface area contributed by atoms with Crippen molar-refractivity contribution in [2.75, 3.05) is 0 Å². The number of aromatic nitrogens is 1. The van der Waals surface area contributed by atoms with Crippen molar-refractivity contribution in [3.8, 4) is 0 Å². The van der Waals surface area contributed by atoms with Crippen LogP contribution in [0.3, 0.4) is 0 Å². The van der Waals surface area contributed by atoms with E-state index in [4.69, 9.17) is 11.6 Å². The van der Waals surface area contributed by atoms with Crippen molar-refractivity contribution in [3.05, 3.63) is 76.9 Å². The summed E-state index contributed by atoms with van der Waals surface area (Å²) in [5.74, 6) is 0. The summed E-state index contributed by atoms with van der Waals surface area (Å²) < 4.78 is 0. The van der Waals surface area contributed by atoms with Gasteiger partial charge < -0.3 is 5.32 Å². The Hall–Kier alpha value is -1.90. The van der Waals surface area contributed by atoms with E-state index in [1.165, 1.54) is 10.9 Å². The molecular formula is C17H15ClN2. The zero-order chi connectivity index (χ0) is 13.8. The lowest BCUT2D eigenvalue weighted by Gasteiger charge is -2.09. The Kier molecular flexibility index (Phi) is 3.95. The molecule has 3 aromatic rings. The van der Waals surface area contributed by atoms with E-state index >= 15 is 0 Å². The molecule has 2 nitrogen and oxygen atoms in total. The van der Waals surface area contributed by atoms with Crippen LogP contribution in [0, 0.1) is 0 Å². The van der Waals surface area contributed by atoms with Gasteiger partial charge in [0, 0.05) is 29.7 Å². The molecule has 20 heavy (non-hydrogen) atoms. The fourth-order valence-corrected chi connectivity index (χ4v) is 2.49. The first kappa shape index (κ1) is 13.1. The zero-order valence-electron chi connectivity index (χ0n) is 11.0. The van der Waals surface area contributed by atoms with Crippen LogP contribution >= 0.6 is 11.6 Å². The number of benzene rings is 2. The third-order valence-electron chi connectivity index (χ3n) is 3.33. The first-order valence-electron chi connectivity index (χ1n) is 6.61. The van der Waals surface area contributed by atoms with Crippen molar-refractivity contribution >= 4 is 22.5 Å². The highest BCUT2D eigenvalue weighted by Crippen LogP contribution is 2.17. The molecule has 0 aliphatic rings. The summed E-state index contributed by atoms with van der Waals surface area (Å²) in [6, 6.07) is 18.2. The fourth-order valence-electron chi connectivity index (χ4n) is 2.28. The van der Waals surface area contributed by atoms with Crippen LogP contribution in [0.1, 0.15) is 11.1 Å². The van der Waals surface area contributed by atoms with Crippen molar-refractivity contribution in [1.82, 2.24) is 10.3 Å². The highest BCUT2D eigenvalue weighted by Gasteiger charge is 2.02. The molecule has 1 heterocycles. The minimum Gasteiger partial charge on any atom is -0.309 e. The highest BCUT2D eigenvalue weighted by atomic mass is 35.5. The molecule has 0 atom stereocenters. The van der Waals surface area contributed by atoms with Crippen LogP contribution < -0.4 is 5.32 Å². The third kappa shape index (κ3) is 2.82. The number of halogens is 1. The van der Waals surface area contributed by atoms with Crippen LogP contribution in [0.4, 0.5) is 0 Å². The molecule has 0 aliphatic carbocycles. The van der Waals surface area contributed by atoms with Gasteiger partial charge in [-0.25, -0.2) is 0 Å². The van der Waals surface area contributed by atoms with Gasteiger partial charge >= 0.3 is 0 Å². The molecule has 0 saturated heterocycles. The van der Waals surface area contributed by atoms with Gasteiger partial charge in [0.05, 0.1) is 5.52 Å². The number of nitrogens with zero attached hydrogens (tertiary/aromatic N) is 1. The second-order valence-corrected chi connectivity index (χ2v) is 5.09. The first-order valence-corrected chi connectivity index (χ1v) is 6.99. The molecule has 3 rings (SSSR count). The van der Waals surface area contributed by atoms with Crippen LogP contribution in [0.15, 0.2) is 60.8 Å². The summed E-state index contributed by atoms with van der Waals surface area (Å²) in [4.78, 5) is 4.37. The summed E-state index contributed by atoms with van der Waals surface area (Å²) in [6.07, 6.45) is 1.86. The lowest BCUT2D eigenvalue weighted by molar-refractivity contribution is 0.696. The molecule has 0 saturated carbocycles. The number of nitrogens with one attached hydrogen (secondary N) is 1. The largest absolute Gasteiger partial charge is 0.309 e. The molecule has 1 N–H and O–H groups in total. The molecule has 0 radical (unpaired) electrons. The molecule has 0 unspecified atom stereocenters. The maximum absolute atomic E-state index is 6.15. The quantitative estimate of drug-likeness (QED) is 0.776. The molecule has 2 aromatic carbocycles. The Balaban J connectivity index is 1.73. The smallest absolute Gasteiger partial charge is 0.0705 e. The van der Waals surface area contributed by atoms with E-state index in [2.05, 4.69) is 22.4 Å². The fraction of sp³-hybridized carbons (Fsp3) is 0.118. The van der Waals surface area contributed by atoms with Crippen molar-refractivity contribution in [1.29, 1.82) is 0 Å². The van der Waals surface area contributed by atoms with Crippen molar-refractivity contribution in [2.45, 2.75) is 13.1 Å². The van der Waals surface area contributed by atoms with Gasteiger partial charge in [-0.2, -0.15) is 0 Å². The van der Waals surface area contributed by atoms with E-state index < -0.39 is 0 Å². The molecular weight excluding hydrogens is 268 g/mol. The predicted octanol–water partition coefficient (Wildman–Crippen LogP) is 4.18. The molecule has 0 bridgehead atoms. The molecule has 1 aromatic heterocycles. The standard InChI is InChI=1S/C17H15ClN2/c18-16-7-3-1-5-14(16)12-19-11-13-9-10-20-17-8-4-2-6-15(13)17/h1-10,19H,11-12H2. The summed E-state index contributed by atoms with van der Waals surface area (Å²) in [5.41, 5.74) is 3.40. The van der Waals surface area contributed by atoms with E-state index in [-0.39, 0.29) is 0 Å². The van der Waals surface area contributed by atoms with E-state index in [1.807, 2.05) is 48.7 Å². The molecule has 0 spiro atoms. The van der Waals surface area contributed by atoms with Crippen LogP contribution in [0.25, 0.3) is 10.9 Å². The second kappa shape index (κ2) is 6.04. The molecule has 0 aliphatic heterocycles. The second-order valence-electron chi connectivity index (χ2n) is 4.68. The van der Waals surface area contributed by atoms with Crippen molar-refractivity contribution in [2.24, 2.45) is 0 Å². The molecule has 3 heteroatoms. The van der Waals surface area contributed by atoms with Gasteiger partial charge in [-0.1, -0.05) is 48.0 Å². The Bertz CT molecular complexity index is 720. The van der Waals surface area contributed by atoms with Gasteiger partial charge in [0.2, 0.25) is 0 Å². The Morgan fingerprint density at radius 3 is 2.50 bits per heavy atom. The first-order chi connectivity index (χ1) is 9.84. The average molecular weight is 283 g/mol. The summed E-state index contributed by atoms with van der Waals surface area (Å²) in [6.45, 7) is 1.56. The molecule has 0 fully saturated rings. The number of pyridine rings is 1.